The zero-order valence-electron chi connectivity index (χ0n) is 6.80. The van der Waals surface area contributed by atoms with E-state index >= 15 is 0 Å². The van der Waals surface area contributed by atoms with E-state index < -0.39 is 23.7 Å². The van der Waals surface area contributed by atoms with Crippen molar-refractivity contribution in [1.29, 1.82) is 0 Å². The van der Waals surface area contributed by atoms with Gasteiger partial charge in [-0.3, -0.25) is 0 Å². The molecule has 2 nitrogen and oxygen atoms in total. The summed E-state index contributed by atoms with van der Waals surface area (Å²) in [6.07, 6.45) is -0.696. The van der Waals surface area contributed by atoms with Gasteiger partial charge in [0.1, 0.15) is 6.10 Å². The SMILES string of the molecule is CC1OC(=O)c2ccc(F)c(F)c21. The number of carbonyl (C=O) groups excluding carboxylic acids is 1. The maximum absolute atomic E-state index is 13.1. The van der Waals surface area contributed by atoms with E-state index in [1.807, 2.05) is 0 Å². The average Bonchev–Trinajstić information content (AvgIpc) is 2.35. The number of hydrogen-bond acceptors (Lipinski definition) is 2. The lowest BCUT2D eigenvalue weighted by molar-refractivity contribution is 0.0418. The lowest BCUT2D eigenvalue weighted by atomic mass is 10.1. The van der Waals surface area contributed by atoms with E-state index in [0.717, 1.165) is 6.07 Å². The van der Waals surface area contributed by atoms with Crippen LogP contribution >= 0.6 is 0 Å². The fourth-order valence-electron chi connectivity index (χ4n) is 1.42. The number of esters is 1. The van der Waals surface area contributed by atoms with Gasteiger partial charge in [-0.25, -0.2) is 13.6 Å². The van der Waals surface area contributed by atoms with Crippen LogP contribution in [0.25, 0.3) is 0 Å². The summed E-state index contributed by atoms with van der Waals surface area (Å²) >= 11 is 0. The Hall–Kier alpha value is -1.45. The maximum atomic E-state index is 13.1. The predicted molar refractivity (Wildman–Crippen MR) is 40.2 cm³/mol. The molecule has 1 aromatic rings. The van der Waals surface area contributed by atoms with Gasteiger partial charge in [0.15, 0.2) is 11.6 Å². The second-order valence-electron chi connectivity index (χ2n) is 2.87. The molecule has 1 aromatic carbocycles. The summed E-state index contributed by atoms with van der Waals surface area (Å²) in [7, 11) is 0. The van der Waals surface area contributed by atoms with E-state index in [1.54, 1.807) is 0 Å². The van der Waals surface area contributed by atoms with Gasteiger partial charge in [-0.2, -0.15) is 0 Å². The highest BCUT2D eigenvalue weighted by Crippen LogP contribution is 2.32. The monoisotopic (exact) mass is 184 g/mol. The summed E-state index contributed by atoms with van der Waals surface area (Å²) in [4.78, 5) is 11.0. The molecule has 0 saturated carbocycles. The molecule has 4 heteroatoms. The molecule has 0 spiro atoms. The van der Waals surface area contributed by atoms with E-state index in [0.29, 0.717) is 0 Å². The van der Waals surface area contributed by atoms with Gasteiger partial charge in [0.25, 0.3) is 0 Å². The van der Waals surface area contributed by atoms with Crippen molar-refractivity contribution in [1.82, 2.24) is 0 Å². The Morgan fingerprint density at radius 2 is 2.08 bits per heavy atom. The highest BCUT2D eigenvalue weighted by molar-refractivity contribution is 5.94. The zero-order chi connectivity index (χ0) is 9.59. The zero-order valence-corrected chi connectivity index (χ0v) is 6.80. The molecule has 0 saturated heterocycles. The van der Waals surface area contributed by atoms with Gasteiger partial charge in [0.2, 0.25) is 0 Å². The van der Waals surface area contributed by atoms with Crippen LogP contribution in [-0.2, 0) is 4.74 Å². The predicted octanol–water partition coefficient (Wildman–Crippen LogP) is 2.20. The van der Waals surface area contributed by atoms with Gasteiger partial charge in [-0.15, -0.1) is 0 Å². The van der Waals surface area contributed by atoms with Crippen LogP contribution in [-0.4, -0.2) is 5.97 Å². The van der Waals surface area contributed by atoms with Crippen LogP contribution in [0.3, 0.4) is 0 Å². The molecule has 0 radical (unpaired) electrons. The molecular formula is C9H6F2O2. The first-order chi connectivity index (χ1) is 6.11. The fourth-order valence-corrected chi connectivity index (χ4v) is 1.42. The molecular weight excluding hydrogens is 178 g/mol. The largest absolute Gasteiger partial charge is 0.454 e. The van der Waals surface area contributed by atoms with Gasteiger partial charge in [0, 0.05) is 5.56 Å². The normalized spacial score (nSPS) is 19.9. The summed E-state index contributed by atoms with van der Waals surface area (Å²) in [6, 6.07) is 2.16. The summed E-state index contributed by atoms with van der Waals surface area (Å²) < 4.78 is 30.6. The van der Waals surface area contributed by atoms with E-state index in [2.05, 4.69) is 0 Å². The first-order valence-electron chi connectivity index (χ1n) is 3.80. The van der Waals surface area contributed by atoms with Crippen LogP contribution in [0.1, 0.15) is 28.9 Å². The quantitative estimate of drug-likeness (QED) is 0.578. The first kappa shape index (κ1) is 8.16. The van der Waals surface area contributed by atoms with Crippen molar-refractivity contribution in [3.05, 3.63) is 34.9 Å². The summed E-state index contributed by atoms with van der Waals surface area (Å²) in [5.41, 5.74) is 0.136. The van der Waals surface area contributed by atoms with Gasteiger partial charge < -0.3 is 4.74 Å². The van der Waals surface area contributed by atoms with Crippen LogP contribution in [0.5, 0.6) is 0 Å². The van der Waals surface area contributed by atoms with Gasteiger partial charge in [-0.1, -0.05) is 0 Å². The van der Waals surface area contributed by atoms with E-state index in [1.165, 1.54) is 13.0 Å². The molecule has 0 fully saturated rings. The van der Waals surface area contributed by atoms with E-state index in [4.69, 9.17) is 4.74 Å². The van der Waals surface area contributed by atoms with Gasteiger partial charge in [-0.05, 0) is 19.1 Å². The molecule has 13 heavy (non-hydrogen) atoms. The van der Waals surface area contributed by atoms with Crippen molar-refractivity contribution in [3.8, 4) is 0 Å². The van der Waals surface area contributed by atoms with Crippen LogP contribution < -0.4 is 0 Å². The standard InChI is InChI=1S/C9H6F2O2/c1-4-7-5(9(12)13-4)2-3-6(10)8(7)11/h2-4H,1H3. The molecule has 1 aliphatic rings. The Morgan fingerprint density at radius 3 is 2.77 bits per heavy atom. The minimum Gasteiger partial charge on any atom is -0.454 e. The minimum absolute atomic E-state index is 0.0185. The smallest absolute Gasteiger partial charge is 0.339 e. The Balaban J connectivity index is 2.70. The summed E-state index contributed by atoms with van der Waals surface area (Å²) in [5.74, 6) is -2.54. The van der Waals surface area contributed by atoms with Gasteiger partial charge in [0.05, 0.1) is 5.56 Å². The van der Waals surface area contributed by atoms with Gasteiger partial charge >= 0.3 is 5.97 Å². The molecule has 0 bridgehead atoms. The third-order valence-electron chi connectivity index (χ3n) is 2.04. The fraction of sp³-hybridized carbons (Fsp3) is 0.222. The molecule has 0 aromatic heterocycles. The molecule has 1 heterocycles. The third-order valence-corrected chi connectivity index (χ3v) is 2.04. The molecule has 0 N–H and O–H groups in total. The van der Waals surface area contributed by atoms with Crippen molar-refractivity contribution in [3.63, 3.8) is 0 Å². The van der Waals surface area contributed by atoms with Crippen molar-refractivity contribution in [2.24, 2.45) is 0 Å². The number of cyclic esters (lactones) is 1. The number of halogens is 2. The molecule has 1 atom stereocenters. The summed E-state index contributed by atoms with van der Waals surface area (Å²) in [5, 5.41) is 0. The Labute approximate surface area is 73.1 Å². The molecule has 0 amide bonds. The Bertz CT molecular complexity index is 387. The Morgan fingerprint density at radius 1 is 1.38 bits per heavy atom. The number of carbonyl (C=O) groups is 1. The van der Waals surface area contributed by atoms with Crippen LogP contribution in [0.15, 0.2) is 12.1 Å². The number of fused-ring (bicyclic) bond motifs is 1. The maximum Gasteiger partial charge on any atom is 0.339 e. The van der Waals surface area contributed by atoms with Crippen LogP contribution in [0.4, 0.5) is 8.78 Å². The third kappa shape index (κ3) is 1.02. The second kappa shape index (κ2) is 2.52. The number of rotatable bonds is 0. The molecule has 1 aliphatic heterocycles. The molecule has 68 valence electrons. The summed E-state index contributed by atoms with van der Waals surface area (Å²) in [6.45, 7) is 1.51. The molecule has 0 aliphatic carbocycles. The average molecular weight is 184 g/mol. The first-order valence-corrected chi connectivity index (χ1v) is 3.80. The number of ether oxygens (including phenoxy) is 1. The van der Waals surface area contributed by atoms with E-state index in [-0.39, 0.29) is 11.1 Å². The topological polar surface area (TPSA) is 26.3 Å². The van der Waals surface area contributed by atoms with E-state index in [9.17, 15) is 13.6 Å². The highest BCUT2D eigenvalue weighted by Gasteiger charge is 2.32. The minimum atomic E-state index is -0.990. The van der Waals surface area contributed by atoms with Crippen molar-refractivity contribution < 1.29 is 18.3 Å². The highest BCUT2D eigenvalue weighted by atomic mass is 19.2. The molecule has 2 rings (SSSR count). The Kier molecular flexibility index (Phi) is 1.58. The second-order valence-corrected chi connectivity index (χ2v) is 2.87. The lowest BCUT2D eigenvalue weighted by Crippen LogP contribution is -1.96. The number of hydrogen-bond donors (Lipinski definition) is 0. The lowest BCUT2D eigenvalue weighted by Gasteiger charge is -2.03. The molecule has 1 unspecified atom stereocenters. The van der Waals surface area contributed by atoms with Crippen LogP contribution in [0, 0.1) is 11.6 Å². The van der Waals surface area contributed by atoms with Crippen LogP contribution in [0.2, 0.25) is 0 Å². The van der Waals surface area contributed by atoms with Crippen molar-refractivity contribution >= 4 is 5.97 Å². The number of benzene rings is 1. The van der Waals surface area contributed by atoms with Crippen molar-refractivity contribution in [2.75, 3.05) is 0 Å². The van der Waals surface area contributed by atoms with Crippen molar-refractivity contribution in [2.45, 2.75) is 13.0 Å².